The lowest BCUT2D eigenvalue weighted by Gasteiger charge is -2.07. The van der Waals surface area contributed by atoms with E-state index in [9.17, 15) is 17.2 Å². The standard InChI is InChI=1S/C13H10BrF2NO2S/c14-10-1-3-13(4-2-10)20(18,19)17-8-9-5-11(15)7-12(16)6-9/h1-7,17H,8H2. The Balaban J connectivity index is 2.15. The van der Waals surface area contributed by atoms with Gasteiger partial charge in [0.1, 0.15) is 11.6 Å². The maximum Gasteiger partial charge on any atom is 0.240 e. The zero-order valence-corrected chi connectivity index (χ0v) is 12.5. The average molecular weight is 362 g/mol. The fourth-order valence-electron chi connectivity index (χ4n) is 1.59. The minimum atomic E-state index is -3.72. The Morgan fingerprint density at radius 1 is 1.00 bits per heavy atom. The van der Waals surface area contributed by atoms with Gasteiger partial charge in [-0.2, -0.15) is 0 Å². The van der Waals surface area contributed by atoms with E-state index in [2.05, 4.69) is 20.7 Å². The second-order valence-electron chi connectivity index (χ2n) is 4.06. The first-order valence-corrected chi connectivity index (χ1v) is 7.85. The lowest BCUT2D eigenvalue weighted by Crippen LogP contribution is -2.23. The highest BCUT2D eigenvalue weighted by atomic mass is 79.9. The Hall–Kier alpha value is -1.31. The highest BCUT2D eigenvalue weighted by Crippen LogP contribution is 2.15. The molecule has 3 nitrogen and oxygen atoms in total. The highest BCUT2D eigenvalue weighted by molar-refractivity contribution is 9.10. The van der Waals surface area contributed by atoms with Crippen LogP contribution in [-0.4, -0.2) is 8.42 Å². The van der Waals surface area contributed by atoms with E-state index < -0.39 is 21.7 Å². The summed E-state index contributed by atoms with van der Waals surface area (Å²) in [5.74, 6) is -1.49. The molecule has 0 aliphatic carbocycles. The average Bonchev–Trinajstić information content (AvgIpc) is 2.36. The summed E-state index contributed by atoms with van der Waals surface area (Å²) < 4.78 is 53.0. The van der Waals surface area contributed by atoms with Gasteiger partial charge in [-0.15, -0.1) is 0 Å². The molecule has 0 spiro atoms. The van der Waals surface area contributed by atoms with Crippen LogP contribution in [0.15, 0.2) is 51.8 Å². The molecule has 2 aromatic rings. The maximum atomic E-state index is 13.0. The number of halogens is 3. The molecule has 2 rings (SSSR count). The van der Waals surface area contributed by atoms with Crippen molar-refractivity contribution in [2.75, 3.05) is 0 Å². The van der Waals surface area contributed by atoms with Crippen molar-refractivity contribution in [2.24, 2.45) is 0 Å². The summed E-state index contributed by atoms with van der Waals surface area (Å²) in [5, 5.41) is 0. The molecular weight excluding hydrogens is 352 g/mol. The second kappa shape index (κ2) is 5.99. The Labute approximate surface area is 123 Å². The SMILES string of the molecule is O=S(=O)(NCc1cc(F)cc(F)c1)c1ccc(Br)cc1. The van der Waals surface area contributed by atoms with Crippen molar-refractivity contribution in [1.29, 1.82) is 0 Å². The van der Waals surface area contributed by atoms with Gasteiger partial charge in [0.15, 0.2) is 0 Å². The largest absolute Gasteiger partial charge is 0.240 e. The van der Waals surface area contributed by atoms with Gasteiger partial charge < -0.3 is 0 Å². The van der Waals surface area contributed by atoms with Crippen LogP contribution in [-0.2, 0) is 16.6 Å². The van der Waals surface area contributed by atoms with Gasteiger partial charge in [-0.3, -0.25) is 0 Å². The first-order valence-electron chi connectivity index (χ1n) is 5.57. The molecule has 1 N–H and O–H groups in total. The Morgan fingerprint density at radius 3 is 2.10 bits per heavy atom. The van der Waals surface area contributed by atoms with Crippen LogP contribution in [0.5, 0.6) is 0 Å². The van der Waals surface area contributed by atoms with Gasteiger partial charge in [-0.05, 0) is 42.0 Å². The smallest absolute Gasteiger partial charge is 0.207 e. The molecule has 0 radical (unpaired) electrons. The molecule has 0 aliphatic rings. The number of hydrogen-bond donors (Lipinski definition) is 1. The molecule has 0 aliphatic heterocycles. The number of sulfonamides is 1. The molecule has 0 aromatic heterocycles. The molecule has 0 saturated heterocycles. The van der Waals surface area contributed by atoms with Gasteiger partial charge in [0.25, 0.3) is 0 Å². The third-order valence-electron chi connectivity index (χ3n) is 2.51. The van der Waals surface area contributed by atoms with Gasteiger partial charge in [0, 0.05) is 17.1 Å². The van der Waals surface area contributed by atoms with E-state index in [1.165, 1.54) is 12.1 Å². The molecule has 2 aromatic carbocycles. The lowest BCUT2D eigenvalue weighted by molar-refractivity contribution is 0.571. The third-order valence-corrected chi connectivity index (χ3v) is 4.46. The third kappa shape index (κ3) is 3.84. The van der Waals surface area contributed by atoms with E-state index in [4.69, 9.17) is 0 Å². The number of benzene rings is 2. The molecule has 0 atom stereocenters. The zero-order valence-electron chi connectivity index (χ0n) is 10.1. The van der Waals surface area contributed by atoms with Crippen molar-refractivity contribution in [1.82, 2.24) is 4.72 Å². The van der Waals surface area contributed by atoms with Gasteiger partial charge >= 0.3 is 0 Å². The van der Waals surface area contributed by atoms with Crippen LogP contribution < -0.4 is 4.72 Å². The van der Waals surface area contributed by atoms with Crippen LogP contribution in [0, 0.1) is 11.6 Å². The van der Waals surface area contributed by atoms with Gasteiger partial charge in [0.2, 0.25) is 10.0 Å². The van der Waals surface area contributed by atoms with Crippen molar-refractivity contribution < 1.29 is 17.2 Å². The van der Waals surface area contributed by atoms with Crippen molar-refractivity contribution in [3.8, 4) is 0 Å². The molecule has 0 amide bonds. The second-order valence-corrected chi connectivity index (χ2v) is 6.74. The highest BCUT2D eigenvalue weighted by Gasteiger charge is 2.13. The van der Waals surface area contributed by atoms with E-state index in [0.717, 1.165) is 22.7 Å². The molecule has 0 saturated carbocycles. The molecule has 0 bridgehead atoms. The van der Waals surface area contributed by atoms with Crippen LogP contribution in [0.1, 0.15) is 5.56 Å². The van der Waals surface area contributed by atoms with E-state index in [0.29, 0.717) is 0 Å². The number of rotatable bonds is 4. The summed E-state index contributed by atoms with van der Waals surface area (Å²) in [7, 11) is -3.72. The Kier molecular flexibility index (Phi) is 4.52. The first-order chi connectivity index (χ1) is 9.37. The monoisotopic (exact) mass is 361 g/mol. The first kappa shape index (κ1) is 15.1. The summed E-state index contributed by atoms with van der Waals surface area (Å²) >= 11 is 3.21. The fourth-order valence-corrected chi connectivity index (χ4v) is 2.87. The Bertz CT molecular complexity index is 697. The van der Waals surface area contributed by atoms with Crippen LogP contribution in [0.2, 0.25) is 0 Å². The summed E-state index contributed by atoms with van der Waals surface area (Å²) in [5.41, 5.74) is 0.211. The quantitative estimate of drug-likeness (QED) is 0.908. The lowest BCUT2D eigenvalue weighted by atomic mass is 10.2. The van der Waals surface area contributed by atoms with Crippen LogP contribution >= 0.6 is 15.9 Å². The zero-order chi connectivity index (χ0) is 14.8. The van der Waals surface area contributed by atoms with E-state index in [-0.39, 0.29) is 17.0 Å². The van der Waals surface area contributed by atoms with Crippen molar-refractivity contribution in [3.05, 3.63) is 64.1 Å². The summed E-state index contributed by atoms with van der Waals surface area (Å²) in [6.45, 7) is -0.187. The fraction of sp³-hybridized carbons (Fsp3) is 0.0769. The number of nitrogens with one attached hydrogen (secondary N) is 1. The normalized spacial score (nSPS) is 11.6. The van der Waals surface area contributed by atoms with Gasteiger partial charge in [0.05, 0.1) is 4.90 Å². The summed E-state index contributed by atoms with van der Waals surface area (Å²) in [4.78, 5) is 0.0811. The van der Waals surface area contributed by atoms with E-state index >= 15 is 0 Å². The predicted molar refractivity (Wildman–Crippen MR) is 74.5 cm³/mol. The minimum absolute atomic E-state index is 0.0811. The Morgan fingerprint density at radius 2 is 1.55 bits per heavy atom. The maximum absolute atomic E-state index is 13.0. The molecule has 106 valence electrons. The van der Waals surface area contributed by atoms with E-state index in [1.54, 1.807) is 12.1 Å². The van der Waals surface area contributed by atoms with Crippen molar-refractivity contribution in [3.63, 3.8) is 0 Å². The summed E-state index contributed by atoms with van der Waals surface area (Å²) in [6.07, 6.45) is 0. The molecule has 0 fully saturated rings. The predicted octanol–water partition coefficient (Wildman–Crippen LogP) is 3.21. The molecule has 20 heavy (non-hydrogen) atoms. The van der Waals surface area contributed by atoms with E-state index in [1.807, 2.05) is 0 Å². The number of hydrogen-bond acceptors (Lipinski definition) is 2. The van der Waals surface area contributed by atoms with Crippen LogP contribution in [0.3, 0.4) is 0 Å². The van der Waals surface area contributed by atoms with Crippen LogP contribution in [0.25, 0.3) is 0 Å². The molecular formula is C13H10BrF2NO2S. The summed E-state index contributed by atoms with van der Waals surface area (Å²) in [6, 6.07) is 8.93. The van der Waals surface area contributed by atoms with Gasteiger partial charge in [-0.25, -0.2) is 21.9 Å². The molecule has 7 heteroatoms. The minimum Gasteiger partial charge on any atom is -0.207 e. The van der Waals surface area contributed by atoms with Crippen molar-refractivity contribution in [2.45, 2.75) is 11.4 Å². The topological polar surface area (TPSA) is 46.2 Å². The van der Waals surface area contributed by atoms with Gasteiger partial charge in [-0.1, -0.05) is 15.9 Å². The molecule has 0 unspecified atom stereocenters. The van der Waals surface area contributed by atoms with Crippen molar-refractivity contribution >= 4 is 26.0 Å². The van der Waals surface area contributed by atoms with Crippen LogP contribution in [0.4, 0.5) is 8.78 Å². The molecule has 0 heterocycles.